The molecule has 0 aliphatic carbocycles. The van der Waals surface area contributed by atoms with E-state index in [-0.39, 0.29) is 24.1 Å². The van der Waals surface area contributed by atoms with E-state index in [1.54, 1.807) is 41.5 Å². The standard InChI is InChI=1S/C24H24N6O5S2/c1-33-17-7-5-4-6-16(17)30-20(13-26-22(32)15-8-9-18(34-2)19(12-15)35-3)28-29-24(30)37-14-21(31)27-23-25-10-11-36-23/h4-12H,13-14H2,1-3H3,(H,26,32)(H,25,27,31). The van der Waals surface area contributed by atoms with E-state index in [1.165, 1.54) is 37.3 Å². The molecule has 2 heterocycles. The first kappa shape index (κ1) is 26.0. The van der Waals surface area contributed by atoms with Crippen LogP contribution in [0.15, 0.2) is 59.2 Å². The van der Waals surface area contributed by atoms with Crippen LogP contribution in [0.25, 0.3) is 5.69 Å². The van der Waals surface area contributed by atoms with Gasteiger partial charge in [0, 0.05) is 17.1 Å². The zero-order valence-corrected chi connectivity index (χ0v) is 21.9. The summed E-state index contributed by atoms with van der Waals surface area (Å²) in [5.74, 6) is 1.55. The highest BCUT2D eigenvalue weighted by Crippen LogP contribution is 2.30. The van der Waals surface area contributed by atoms with Crippen molar-refractivity contribution in [2.24, 2.45) is 0 Å². The Morgan fingerprint density at radius 1 is 1.00 bits per heavy atom. The van der Waals surface area contributed by atoms with Crippen LogP contribution in [-0.4, -0.2) is 58.6 Å². The number of anilines is 1. The molecule has 4 rings (SSSR count). The van der Waals surface area contributed by atoms with Gasteiger partial charge in [0.15, 0.2) is 27.6 Å². The topological polar surface area (TPSA) is 129 Å². The predicted molar refractivity (Wildman–Crippen MR) is 140 cm³/mol. The Kier molecular flexibility index (Phi) is 8.59. The van der Waals surface area contributed by atoms with E-state index in [0.29, 0.717) is 44.6 Å². The molecule has 192 valence electrons. The minimum atomic E-state index is -0.326. The van der Waals surface area contributed by atoms with E-state index in [9.17, 15) is 9.59 Å². The molecular formula is C24H24N6O5S2. The molecule has 0 aliphatic heterocycles. The molecule has 0 saturated carbocycles. The third-order valence-electron chi connectivity index (χ3n) is 5.09. The van der Waals surface area contributed by atoms with E-state index in [4.69, 9.17) is 14.2 Å². The van der Waals surface area contributed by atoms with Crippen molar-refractivity contribution in [1.82, 2.24) is 25.1 Å². The summed E-state index contributed by atoms with van der Waals surface area (Å²) in [6, 6.07) is 12.3. The van der Waals surface area contributed by atoms with Crippen LogP contribution in [0.2, 0.25) is 0 Å². The third-order valence-corrected chi connectivity index (χ3v) is 6.71. The fraction of sp³-hybridized carbons (Fsp3) is 0.208. The van der Waals surface area contributed by atoms with E-state index in [1.807, 2.05) is 24.3 Å². The number of nitrogens with one attached hydrogen (secondary N) is 2. The van der Waals surface area contributed by atoms with Crippen molar-refractivity contribution in [2.75, 3.05) is 32.4 Å². The average Bonchev–Trinajstić information content (AvgIpc) is 3.59. The molecule has 0 aliphatic rings. The van der Waals surface area contributed by atoms with Gasteiger partial charge in [-0.1, -0.05) is 23.9 Å². The minimum Gasteiger partial charge on any atom is -0.495 e. The number of aromatic nitrogens is 4. The number of thiazole rings is 1. The Morgan fingerprint density at radius 3 is 2.51 bits per heavy atom. The molecule has 11 nitrogen and oxygen atoms in total. The Morgan fingerprint density at radius 2 is 1.78 bits per heavy atom. The van der Waals surface area contributed by atoms with Gasteiger partial charge in [0.25, 0.3) is 5.91 Å². The van der Waals surface area contributed by atoms with Crippen molar-refractivity contribution in [3.8, 4) is 22.9 Å². The molecule has 13 heteroatoms. The van der Waals surface area contributed by atoms with Crippen molar-refractivity contribution in [2.45, 2.75) is 11.7 Å². The molecule has 0 fully saturated rings. The largest absolute Gasteiger partial charge is 0.495 e. The van der Waals surface area contributed by atoms with Crippen molar-refractivity contribution < 1.29 is 23.8 Å². The third kappa shape index (κ3) is 6.19. The maximum absolute atomic E-state index is 12.9. The summed E-state index contributed by atoms with van der Waals surface area (Å²) in [5.41, 5.74) is 1.07. The summed E-state index contributed by atoms with van der Waals surface area (Å²) in [5, 5.41) is 16.9. The van der Waals surface area contributed by atoms with Crippen molar-refractivity contribution in [1.29, 1.82) is 0 Å². The highest BCUT2D eigenvalue weighted by Gasteiger charge is 2.20. The molecule has 2 N–H and O–H groups in total. The number of para-hydroxylation sites is 2. The van der Waals surface area contributed by atoms with Crippen molar-refractivity contribution >= 4 is 40.0 Å². The summed E-state index contributed by atoms with van der Waals surface area (Å²) in [7, 11) is 4.60. The maximum Gasteiger partial charge on any atom is 0.251 e. The number of benzene rings is 2. The summed E-state index contributed by atoms with van der Waals surface area (Å²) < 4.78 is 17.8. The SMILES string of the molecule is COc1ccc(C(=O)NCc2nnc(SCC(=O)Nc3nccs3)n2-c2ccccc2OC)cc1OC. The lowest BCUT2D eigenvalue weighted by Gasteiger charge is -2.14. The molecule has 0 bridgehead atoms. The van der Waals surface area contributed by atoms with Crippen molar-refractivity contribution in [3.63, 3.8) is 0 Å². The van der Waals surface area contributed by atoms with Gasteiger partial charge in [0.2, 0.25) is 5.91 Å². The van der Waals surface area contributed by atoms with Crippen LogP contribution < -0.4 is 24.8 Å². The number of carbonyl (C=O) groups is 2. The first-order valence-corrected chi connectivity index (χ1v) is 12.8. The Labute approximate surface area is 221 Å². The Bertz CT molecular complexity index is 1380. The van der Waals surface area contributed by atoms with Gasteiger partial charge >= 0.3 is 0 Å². The van der Waals surface area contributed by atoms with E-state index >= 15 is 0 Å². The van der Waals surface area contributed by atoms with Gasteiger partial charge in [-0.15, -0.1) is 21.5 Å². The zero-order chi connectivity index (χ0) is 26.2. The monoisotopic (exact) mass is 540 g/mol. The second-order valence-electron chi connectivity index (χ2n) is 7.33. The van der Waals surface area contributed by atoms with Gasteiger partial charge in [-0.2, -0.15) is 0 Å². The fourth-order valence-corrected chi connectivity index (χ4v) is 4.68. The van der Waals surface area contributed by atoms with Crippen molar-refractivity contribution in [3.05, 3.63) is 65.4 Å². The lowest BCUT2D eigenvalue weighted by Crippen LogP contribution is -2.25. The normalized spacial score (nSPS) is 10.6. The summed E-state index contributed by atoms with van der Waals surface area (Å²) in [6.45, 7) is 0.0735. The van der Waals surface area contributed by atoms with Crippen LogP contribution >= 0.6 is 23.1 Å². The van der Waals surface area contributed by atoms with Crippen LogP contribution in [0.4, 0.5) is 5.13 Å². The quantitative estimate of drug-likeness (QED) is 0.275. The summed E-state index contributed by atoms with van der Waals surface area (Å²) in [6.07, 6.45) is 1.62. The van der Waals surface area contributed by atoms with Gasteiger partial charge in [0.1, 0.15) is 5.75 Å². The number of thioether (sulfide) groups is 1. The van der Waals surface area contributed by atoms with E-state index < -0.39 is 0 Å². The van der Waals surface area contributed by atoms with Crippen LogP contribution in [0.3, 0.4) is 0 Å². The summed E-state index contributed by atoms with van der Waals surface area (Å²) in [4.78, 5) is 29.3. The second-order valence-corrected chi connectivity index (χ2v) is 9.17. The fourth-order valence-electron chi connectivity index (χ4n) is 3.37. The van der Waals surface area contributed by atoms with Gasteiger partial charge in [0.05, 0.1) is 39.3 Å². The van der Waals surface area contributed by atoms with Crippen LogP contribution in [-0.2, 0) is 11.3 Å². The second kappa shape index (κ2) is 12.2. The number of nitrogens with zero attached hydrogens (tertiary/aromatic N) is 4. The summed E-state index contributed by atoms with van der Waals surface area (Å²) >= 11 is 2.54. The first-order chi connectivity index (χ1) is 18.0. The van der Waals surface area contributed by atoms with Crippen LogP contribution in [0.1, 0.15) is 16.2 Å². The molecule has 2 aromatic carbocycles. The van der Waals surface area contributed by atoms with Gasteiger partial charge < -0.3 is 24.8 Å². The minimum absolute atomic E-state index is 0.0735. The van der Waals surface area contributed by atoms with E-state index in [0.717, 1.165) is 0 Å². The predicted octanol–water partition coefficient (Wildman–Crippen LogP) is 3.41. The number of carbonyl (C=O) groups excluding carboxylic acids is 2. The maximum atomic E-state index is 12.9. The highest BCUT2D eigenvalue weighted by atomic mass is 32.2. The number of amides is 2. The van der Waals surface area contributed by atoms with Gasteiger partial charge in [-0.25, -0.2) is 4.98 Å². The van der Waals surface area contributed by atoms with Crippen LogP contribution in [0.5, 0.6) is 17.2 Å². The number of methoxy groups -OCH3 is 3. The van der Waals surface area contributed by atoms with Crippen LogP contribution in [0, 0.1) is 0 Å². The number of hydrogen-bond donors (Lipinski definition) is 2. The molecule has 0 spiro atoms. The molecule has 0 saturated heterocycles. The van der Waals surface area contributed by atoms with Gasteiger partial charge in [-0.05, 0) is 30.3 Å². The lowest BCUT2D eigenvalue weighted by atomic mass is 10.2. The smallest absolute Gasteiger partial charge is 0.251 e. The molecule has 37 heavy (non-hydrogen) atoms. The number of hydrogen-bond acceptors (Lipinski definition) is 10. The lowest BCUT2D eigenvalue weighted by molar-refractivity contribution is -0.113. The Hall–Kier alpha value is -4.10. The molecular weight excluding hydrogens is 516 g/mol. The highest BCUT2D eigenvalue weighted by molar-refractivity contribution is 7.99. The first-order valence-electron chi connectivity index (χ1n) is 10.9. The Balaban J connectivity index is 1.55. The average molecular weight is 541 g/mol. The van der Waals surface area contributed by atoms with Gasteiger partial charge in [-0.3, -0.25) is 14.2 Å². The zero-order valence-electron chi connectivity index (χ0n) is 20.3. The number of ether oxygens (including phenoxy) is 3. The molecule has 0 atom stereocenters. The molecule has 2 amide bonds. The van der Waals surface area contributed by atoms with E-state index in [2.05, 4.69) is 25.8 Å². The molecule has 2 aromatic heterocycles. The molecule has 0 radical (unpaired) electrons. The molecule has 4 aromatic rings. The number of rotatable bonds is 11. The molecule has 0 unspecified atom stereocenters.